The molecule has 1 aliphatic rings. The Balaban J connectivity index is 2.28. The van der Waals surface area contributed by atoms with Gasteiger partial charge in [0.1, 0.15) is 6.10 Å². The van der Waals surface area contributed by atoms with E-state index < -0.39 is 8.80 Å². The Morgan fingerprint density at radius 2 is 2.00 bits per heavy atom. The van der Waals surface area contributed by atoms with E-state index in [-0.39, 0.29) is 6.10 Å². The number of epoxide rings is 1. The van der Waals surface area contributed by atoms with Gasteiger partial charge in [0.05, 0.1) is 13.2 Å². The maximum Gasteiger partial charge on any atom is 0.500 e. The number of ether oxygens (including phenoxy) is 1. The molecule has 1 rings (SSSR count). The molecule has 0 aromatic heterocycles. The second-order valence-corrected chi connectivity index (χ2v) is 5.89. The van der Waals surface area contributed by atoms with Crippen LogP contribution in [0.1, 0.15) is 6.92 Å². The summed E-state index contributed by atoms with van der Waals surface area (Å²) in [6.45, 7) is 3.41. The zero-order valence-corrected chi connectivity index (χ0v) is 8.83. The predicted molar refractivity (Wildman–Crippen MR) is 45.9 cm³/mol. The fourth-order valence-electron chi connectivity index (χ4n) is 0.976. The van der Waals surface area contributed by atoms with E-state index in [1.54, 1.807) is 14.2 Å². The molecule has 0 aromatic rings. The van der Waals surface area contributed by atoms with Crippen molar-refractivity contribution in [2.75, 3.05) is 27.4 Å². The Hall–Kier alpha value is 0.0569. The molecule has 1 heterocycles. The van der Waals surface area contributed by atoms with Crippen LogP contribution in [0.5, 0.6) is 0 Å². The summed E-state index contributed by atoms with van der Waals surface area (Å²) in [5.74, 6) is 0. The molecule has 0 bridgehead atoms. The molecular formula is C7H16O4Si. The highest BCUT2D eigenvalue weighted by Gasteiger charge is 2.39. The SMILES string of the molecule is CC[Si](OC)(OC)OCC1CO1. The van der Waals surface area contributed by atoms with Crippen LogP contribution < -0.4 is 0 Å². The lowest BCUT2D eigenvalue weighted by molar-refractivity contribution is 0.0917. The van der Waals surface area contributed by atoms with Gasteiger partial charge in [0, 0.05) is 20.3 Å². The summed E-state index contributed by atoms with van der Waals surface area (Å²) in [5, 5.41) is 0. The number of hydrogen-bond donors (Lipinski definition) is 0. The average Bonchev–Trinajstić information content (AvgIpc) is 2.92. The molecule has 0 spiro atoms. The zero-order chi connectivity index (χ0) is 9.03. The summed E-state index contributed by atoms with van der Waals surface area (Å²) in [5.41, 5.74) is 0. The van der Waals surface area contributed by atoms with Crippen LogP contribution in [0.15, 0.2) is 0 Å². The van der Waals surface area contributed by atoms with Crippen molar-refractivity contribution in [1.82, 2.24) is 0 Å². The van der Waals surface area contributed by atoms with Crippen molar-refractivity contribution in [2.45, 2.75) is 19.1 Å². The molecule has 0 aromatic carbocycles. The van der Waals surface area contributed by atoms with E-state index in [0.717, 1.165) is 12.7 Å². The van der Waals surface area contributed by atoms with Gasteiger partial charge in [-0.3, -0.25) is 0 Å². The van der Waals surface area contributed by atoms with Gasteiger partial charge in [0.25, 0.3) is 0 Å². The zero-order valence-electron chi connectivity index (χ0n) is 7.83. The molecule has 4 nitrogen and oxygen atoms in total. The van der Waals surface area contributed by atoms with E-state index in [1.807, 2.05) is 6.92 Å². The monoisotopic (exact) mass is 192 g/mol. The van der Waals surface area contributed by atoms with Crippen molar-refractivity contribution >= 4 is 8.80 Å². The van der Waals surface area contributed by atoms with Gasteiger partial charge >= 0.3 is 8.80 Å². The molecule has 0 aliphatic carbocycles. The summed E-state index contributed by atoms with van der Waals surface area (Å²) >= 11 is 0. The molecule has 1 atom stereocenters. The molecule has 0 saturated carbocycles. The summed E-state index contributed by atoms with van der Waals surface area (Å²) in [4.78, 5) is 0. The van der Waals surface area contributed by atoms with Crippen LogP contribution in [0.4, 0.5) is 0 Å². The highest BCUT2D eigenvalue weighted by atomic mass is 28.4. The highest BCUT2D eigenvalue weighted by Crippen LogP contribution is 2.17. The molecule has 1 saturated heterocycles. The molecule has 12 heavy (non-hydrogen) atoms. The van der Waals surface area contributed by atoms with E-state index in [9.17, 15) is 0 Å². The van der Waals surface area contributed by atoms with E-state index >= 15 is 0 Å². The number of rotatable bonds is 6. The molecule has 0 amide bonds. The van der Waals surface area contributed by atoms with Crippen LogP contribution in [0, 0.1) is 0 Å². The third-order valence-corrected chi connectivity index (χ3v) is 4.66. The first-order chi connectivity index (χ1) is 5.76. The standard InChI is InChI=1S/C7H16O4Si/c1-4-12(8-2,9-3)11-6-7-5-10-7/h7H,4-6H2,1-3H3. The highest BCUT2D eigenvalue weighted by molar-refractivity contribution is 6.60. The fraction of sp³-hybridized carbons (Fsp3) is 1.00. The van der Waals surface area contributed by atoms with Crippen LogP contribution in [0.2, 0.25) is 6.04 Å². The summed E-state index contributed by atoms with van der Waals surface area (Å²) in [7, 11) is 0.944. The third-order valence-electron chi connectivity index (χ3n) is 1.95. The topological polar surface area (TPSA) is 40.2 Å². The molecular weight excluding hydrogens is 176 g/mol. The lowest BCUT2D eigenvalue weighted by Crippen LogP contribution is -2.43. The van der Waals surface area contributed by atoms with E-state index in [0.29, 0.717) is 6.61 Å². The quantitative estimate of drug-likeness (QED) is 0.458. The lowest BCUT2D eigenvalue weighted by atomic mass is 10.5. The average molecular weight is 192 g/mol. The normalized spacial score (nSPS) is 22.8. The first kappa shape index (κ1) is 10.1. The molecule has 0 radical (unpaired) electrons. The Morgan fingerprint density at radius 1 is 1.42 bits per heavy atom. The van der Waals surface area contributed by atoms with Gasteiger partial charge in [-0.25, -0.2) is 0 Å². The largest absolute Gasteiger partial charge is 0.500 e. The van der Waals surface area contributed by atoms with Crippen LogP contribution in [-0.2, 0) is 18.0 Å². The van der Waals surface area contributed by atoms with Gasteiger partial charge < -0.3 is 18.0 Å². The first-order valence-electron chi connectivity index (χ1n) is 4.12. The van der Waals surface area contributed by atoms with Gasteiger partial charge in [-0.15, -0.1) is 0 Å². The fourth-order valence-corrected chi connectivity index (χ4v) is 2.60. The molecule has 0 N–H and O–H groups in total. The predicted octanol–water partition coefficient (Wildman–Crippen LogP) is 0.653. The third kappa shape index (κ3) is 2.53. The Bertz CT molecular complexity index is 125. The minimum Gasteiger partial charge on any atom is -0.377 e. The number of hydrogen-bond acceptors (Lipinski definition) is 4. The molecule has 1 fully saturated rings. The van der Waals surface area contributed by atoms with E-state index in [2.05, 4.69) is 0 Å². The maximum atomic E-state index is 5.57. The second kappa shape index (κ2) is 4.34. The van der Waals surface area contributed by atoms with Crippen molar-refractivity contribution in [3.05, 3.63) is 0 Å². The van der Waals surface area contributed by atoms with Crippen molar-refractivity contribution < 1.29 is 18.0 Å². The van der Waals surface area contributed by atoms with E-state index in [4.69, 9.17) is 18.0 Å². The summed E-state index contributed by atoms with van der Waals surface area (Å²) in [6, 6.07) is 0.798. The Morgan fingerprint density at radius 3 is 2.33 bits per heavy atom. The van der Waals surface area contributed by atoms with Crippen molar-refractivity contribution in [3.8, 4) is 0 Å². The Labute approximate surface area is 74.1 Å². The van der Waals surface area contributed by atoms with Crippen molar-refractivity contribution in [3.63, 3.8) is 0 Å². The van der Waals surface area contributed by atoms with Crippen LogP contribution >= 0.6 is 0 Å². The van der Waals surface area contributed by atoms with Crippen LogP contribution in [0.3, 0.4) is 0 Å². The minimum absolute atomic E-state index is 0.272. The lowest BCUT2D eigenvalue weighted by Gasteiger charge is -2.24. The smallest absolute Gasteiger partial charge is 0.377 e. The van der Waals surface area contributed by atoms with Gasteiger partial charge in [-0.05, 0) is 0 Å². The summed E-state index contributed by atoms with van der Waals surface area (Å²) < 4.78 is 21.1. The van der Waals surface area contributed by atoms with Crippen LogP contribution in [-0.4, -0.2) is 42.3 Å². The maximum absolute atomic E-state index is 5.57. The molecule has 1 aliphatic heterocycles. The van der Waals surface area contributed by atoms with Gasteiger partial charge in [-0.2, -0.15) is 0 Å². The van der Waals surface area contributed by atoms with Gasteiger partial charge in [0.2, 0.25) is 0 Å². The Kier molecular flexibility index (Phi) is 3.67. The molecule has 5 heteroatoms. The van der Waals surface area contributed by atoms with E-state index in [1.165, 1.54) is 0 Å². The van der Waals surface area contributed by atoms with Gasteiger partial charge in [-0.1, -0.05) is 6.92 Å². The molecule has 72 valence electrons. The van der Waals surface area contributed by atoms with Crippen LogP contribution in [0.25, 0.3) is 0 Å². The minimum atomic E-state index is -2.32. The molecule has 1 unspecified atom stereocenters. The van der Waals surface area contributed by atoms with Gasteiger partial charge in [0.15, 0.2) is 0 Å². The first-order valence-corrected chi connectivity index (χ1v) is 6.05. The van der Waals surface area contributed by atoms with Crippen molar-refractivity contribution in [2.24, 2.45) is 0 Å². The second-order valence-electron chi connectivity index (χ2n) is 2.71. The van der Waals surface area contributed by atoms with Crippen molar-refractivity contribution in [1.29, 1.82) is 0 Å². The summed E-state index contributed by atoms with van der Waals surface area (Å²) in [6.07, 6.45) is 0.272.